The summed E-state index contributed by atoms with van der Waals surface area (Å²) < 4.78 is 4.94. The number of ketones is 1. The van der Waals surface area contributed by atoms with Crippen molar-refractivity contribution in [3.63, 3.8) is 0 Å². The second kappa shape index (κ2) is 7.22. The average Bonchev–Trinajstić information content (AvgIpc) is 2.86. The maximum absolute atomic E-state index is 11.9. The molecule has 0 radical (unpaired) electrons. The second-order valence-electron chi connectivity index (χ2n) is 5.27. The molecule has 5 nitrogen and oxygen atoms in total. The van der Waals surface area contributed by atoms with E-state index in [1.807, 2.05) is 18.2 Å². The highest BCUT2D eigenvalue weighted by Crippen LogP contribution is 2.28. The standard InChI is InChI=1S/C16H22N2O3/c1-12(19)13-4-5-15-14(10-13)6-8-18(15)11-16(20)17-7-3-9-21-2/h4-5,10H,3,6-9,11H2,1-2H3,(H,17,20). The smallest absolute Gasteiger partial charge is 0.239 e. The summed E-state index contributed by atoms with van der Waals surface area (Å²) in [5, 5.41) is 2.89. The highest BCUT2D eigenvalue weighted by atomic mass is 16.5. The molecular formula is C16H22N2O3. The number of benzene rings is 1. The number of nitrogens with one attached hydrogen (secondary N) is 1. The van der Waals surface area contributed by atoms with Gasteiger partial charge in [0.15, 0.2) is 5.78 Å². The highest BCUT2D eigenvalue weighted by molar-refractivity contribution is 5.95. The molecule has 0 fully saturated rings. The fourth-order valence-corrected chi connectivity index (χ4v) is 2.53. The number of anilines is 1. The van der Waals surface area contributed by atoms with E-state index < -0.39 is 0 Å². The van der Waals surface area contributed by atoms with Crippen molar-refractivity contribution in [1.29, 1.82) is 0 Å². The number of rotatable bonds is 7. The zero-order chi connectivity index (χ0) is 15.2. The number of ether oxygens (including phenoxy) is 1. The molecule has 0 spiro atoms. The molecule has 1 heterocycles. The van der Waals surface area contributed by atoms with Gasteiger partial charge < -0.3 is 15.0 Å². The maximum Gasteiger partial charge on any atom is 0.239 e. The summed E-state index contributed by atoms with van der Waals surface area (Å²) in [6.07, 6.45) is 1.70. The molecule has 0 unspecified atom stereocenters. The number of carbonyl (C=O) groups excluding carboxylic acids is 2. The van der Waals surface area contributed by atoms with Gasteiger partial charge in [-0.2, -0.15) is 0 Å². The molecule has 0 atom stereocenters. The van der Waals surface area contributed by atoms with E-state index >= 15 is 0 Å². The Morgan fingerprint density at radius 1 is 1.38 bits per heavy atom. The van der Waals surface area contributed by atoms with E-state index in [2.05, 4.69) is 10.2 Å². The third-order valence-electron chi connectivity index (χ3n) is 3.66. The number of amides is 1. The lowest BCUT2D eigenvalue weighted by Crippen LogP contribution is -2.37. The van der Waals surface area contributed by atoms with E-state index in [0.717, 1.165) is 36.2 Å². The molecule has 0 saturated heterocycles. The lowest BCUT2D eigenvalue weighted by Gasteiger charge is -2.19. The van der Waals surface area contributed by atoms with Gasteiger partial charge >= 0.3 is 0 Å². The Balaban J connectivity index is 1.90. The first-order chi connectivity index (χ1) is 10.1. The van der Waals surface area contributed by atoms with Crippen molar-refractivity contribution in [3.05, 3.63) is 29.3 Å². The predicted molar refractivity (Wildman–Crippen MR) is 81.9 cm³/mol. The molecule has 5 heteroatoms. The number of nitrogens with zero attached hydrogens (tertiary/aromatic N) is 1. The van der Waals surface area contributed by atoms with Gasteiger partial charge in [-0.15, -0.1) is 0 Å². The summed E-state index contributed by atoms with van der Waals surface area (Å²) in [5.74, 6) is 0.0988. The fourth-order valence-electron chi connectivity index (χ4n) is 2.53. The molecule has 0 aliphatic carbocycles. The first kappa shape index (κ1) is 15.5. The summed E-state index contributed by atoms with van der Waals surface area (Å²) in [4.78, 5) is 25.3. The van der Waals surface area contributed by atoms with Gasteiger partial charge in [0.2, 0.25) is 5.91 Å². The molecule has 21 heavy (non-hydrogen) atoms. The third kappa shape index (κ3) is 4.04. The zero-order valence-corrected chi connectivity index (χ0v) is 12.6. The number of carbonyl (C=O) groups is 2. The molecule has 1 aliphatic heterocycles. The van der Waals surface area contributed by atoms with E-state index in [1.165, 1.54) is 0 Å². The molecule has 1 N–H and O–H groups in total. The highest BCUT2D eigenvalue weighted by Gasteiger charge is 2.21. The summed E-state index contributed by atoms with van der Waals surface area (Å²) in [7, 11) is 1.65. The van der Waals surface area contributed by atoms with Crippen LogP contribution >= 0.6 is 0 Å². The minimum Gasteiger partial charge on any atom is -0.385 e. The Morgan fingerprint density at radius 3 is 2.90 bits per heavy atom. The van der Waals surface area contributed by atoms with E-state index in [4.69, 9.17) is 4.74 Å². The minimum absolute atomic E-state index is 0.0228. The van der Waals surface area contributed by atoms with Gasteiger partial charge in [-0.25, -0.2) is 0 Å². The zero-order valence-electron chi connectivity index (χ0n) is 12.6. The molecule has 2 rings (SSSR count). The topological polar surface area (TPSA) is 58.6 Å². The van der Waals surface area contributed by atoms with Crippen molar-refractivity contribution in [2.75, 3.05) is 38.3 Å². The molecule has 1 aliphatic rings. The maximum atomic E-state index is 11.9. The van der Waals surface area contributed by atoms with Crippen LogP contribution in [-0.4, -0.2) is 45.0 Å². The second-order valence-corrected chi connectivity index (χ2v) is 5.27. The Morgan fingerprint density at radius 2 is 2.19 bits per heavy atom. The quantitative estimate of drug-likeness (QED) is 0.609. The van der Waals surface area contributed by atoms with E-state index in [-0.39, 0.29) is 11.7 Å². The molecular weight excluding hydrogens is 268 g/mol. The molecule has 1 amide bonds. The van der Waals surface area contributed by atoms with Crippen molar-refractivity contribution in [2.45, 2.75) is 19.8 Å². The monoisotopic (exact) mass is 290 g/mol. The van der Waals surface area contributed by atoms with Crippen LogP contribution in [0.3, 0.4) is 0 Å². The number of methoxy groups -OCH3 is 1. The van der Waals surface area contributed by atoms with Crippen LogP contribution in [0, 0.1) is 0 Å². The number of hydrogen-bond donors (Lipinski definition) is 1. The van der Waals surface area contributed by atoms with E-state index in [9.17, 15) is 9.59 Å². The van der Waals surface area contributed by atoms with Gasteiger partial charge in [-0.05, 0) is 43.5 Å². The number of hydrogen-bond acceptors (Lipinski definition) is 4. The van der Waals surface area contributed by atoms with Crippen LogP contribution in [0.15, 0.2) is 18.2 Å². The van der Waals surface area contributed by atoms with E-state index in [0.29, 0.717) is 19.7 Å². The molecule has 1 aromatic carbocycles. The van der Waals surface area contributed by atoms with Crippen LogP contribution in [0.25, 0.3) is 0 Å². The van der Waals surface area contributed by atoms with Gasteiger partial charge in [0.25, 0.3) is 0 Å². The first-order valence-electron chi connectivity index (χ1n) is 7.26. The summed E-state index contributed by atoms with van der Waals surface area (Å²) in [5.41, 5.74) is 2.95. The lowest BCUT2D eigenvalue weighted by molar-refractivity contribution is -0.119. The summed E-state index contributed by atoms with van der Waals surface area (Å²) in [6, 6.07) is 5.71. The van der Waals surface area contributed by atoms with E-state index in [1.54, 1.807) is 14.0 Å². The lowest BCUT2D eigenvalue weighted by atomic mass is 10.1. The normalized spacial score (nSPS) is 13.1. The van der Waals surface area contributed by atoms with Crippen LogP contribution < -0.4 is 10.2 Å². The van der Waals surface area contributed by atoms with Crippen molar-refractivity contribution in [1.82, 2.24) is 5.32 Å². The Kier molecular flexibility index (Phi) is 5.33. The van der Waals surface area contributed by atoms with Crippen LogP contribution in [0.4, 0.5) is 5.69 Å². The Bertz CT molecular complexity index is 528. The summed E-state index contributed by atoms with van der Waals surface area (Å²) >= 11 is 0. The van der Waals surface area contributed by atoms with Crippen LogP contribution in [0.1, 0.15) is 29.3 Å². The first-order valence-corrected chi connectivity index (χ1v) is 7.26. The minimum atomic E-state index is 0.0228. The van der Waals surface area contributed by atoms with Gasteiger partial charge in [0, 0.05) is 38.1 Å². The SMILES string of the molecule is COCCCNC(=O)CN1CCc2cc(C(C)=O)ccc21. The number of fused-ring (bicyclic) bond motifs is 1. The predicted octanol–water partition coefficient (Wildman–Crippen LogP) is 1.40. The van der Waals surface area contributed by atoms with Crippen LogP contribution in [-0.2, 0) is 16.0 Å². The van der Waals surface area contributed by atoms with Gasteiger partial charge in [0.1, 0.15) is 0 Å². The average molecular weight is 290 g/mol. The molecule has 114 valence electrons. The molecule has 1 aromatic rings. The van der Waals surface area contributed by atoms with Gasteiger partial charge in [0.05, 0.1) is 6.54 Å². The van der Waals surface area contributed by atoms with Gasteiger partial charge in [-0.3, -0.25) is 9.59 Å². The van der Waals surface area contributed by atoms with Crippen molar-refractivity contribution in [3.8, 4) is 0 Å². The van der Waals surface area contributed by atoms with Crippen molar-refractivity contribution < 1.29 is 14.3 Å². The van der Waals surface area contributed by atoms with Gasteiger partial charge in [-0.1, -0.05) is 0 Å². The van der Waals surface area contributed by atoms with Crippen LogP contribution in [0.5, 0.6) is 0 Å². The largest absolute Gasteiger partial charge is 0.385 e. The third-order valence-corrected chi connectivity index (χ3v) is 3.66. The summed E-state index contributed by atoms with van der Waals surface area (Å²) in [6.45, 7) is 4.04. The van der Waals surface area contributed by atoms with Crippen LogP contribution in [0.2, 0.25) is 0 Å². The molecule has 0 aromatic heterocycles. The Labute approximate surface area is 125 Å². The Hall–Kier alpha value is -1.88. The molecule has 0 saturated carbocycles. The molecule has 0 bridgehead atoms. The fraction of sp³-hybridized carbons (Fsp3) is 0.500. The van der Waals surface area contributed by atoms with Crippen molar-refractivity contribution >= 4 is 17.4 Å². The van der Waals surface area contributed by atoms with Crippen molar-refractivity contribution in [2.24, 2.45) is 0 Å². The number of Topliss-reactive ketones (excluding diaryl/α,β-unsaturated/α-hetero) is 1.